The Balaban J connectivity index is 1.82. The highest BCUT2D eigenvalue weighted by Gasteiger charge is 2.16. The maximum Gasteiger partial charge on any atom is 0.420 e. The van der Waals surface area contributed by atoms with Crippen molar-refractivity contribution in [1.29, 1.82) is 0 Å². The molecule has 0 atom stereocenters. The number of benzene rings is 1. The van der Waals surface area contributed by atoms with Gasteiger partial charge in [0.2, 0.25) is 5.88 Å². The van der Waals surface area contributed by atoms with E-state index in [0.717, 1.165) is 29.4 Å². The minimum atomic E-state index is -0.923. The first-order chi connectivity index (χ1) is 13.3. The fourth-order valence-corrected chi connectivity index (χ4v) is 3.51. The molecule has 3 rings (SSSR count). The summed E-state index contributed by atoms with van der Waals surface area (Å²) in [6, 6.07) is 5.70. The van der Waals surface area contributed by atoms with E-state index in [0.29, 0.717) is 15.4 Å². The maximum atomic E-state index is 14.1. The molecular weight excluding hydrogens is 408 g/mol. The molecule has 148 valence electrons. The monoisotopic (exact) mass is 425 g/mol. The van der Waals surface area contributed by atoms with Crippen LogP contribution in [0.25, 0.3) is 0 Å². The van der Waals surface area contributed by atoms with Crippen LogP contribution >= 0.6 is 22.9 Å². The first kappa shape index (κ1) is 20.3. The van der Waals surface area contributed by atoms with Crippen LogP contribution in [0.3, 0.4) is 0 Å². The summed E-state index contributed by atoms with van der Waals surface area (Å²) in [5.74, 6) is -1.25. The predicted molar refractivity (Wildman–Crippen MR) is 105 cm³/mol. The summed E-state index contributed by atoms with van der Waals surface area (Å²) in [6.45, 7) is 4.14. The van der Waals surface area contributed by atoms with E-state index in [-0.39, 0.29) is 18.0 Å². The quantitative estimate of drug-likeness (QED) is 0.548. The van der Waals surface area contributed by atoms with E-state index in [2.05, 4.69) is 24.1 Å². The first-order valence-corrected chi connectivity index (χ1v) is 9.73. The second kappa shape index (κ2) is 8.70. The SMILES string of the molecule is CC(C)Cc1cc(OC(=O)Nc2ncc(Cl)s2)n(Cc2cccc(F)c2F)c1. The molecule has 28 heavy (non-hydrogen) atoms. The van der Waals surface area contributed by atoms with Crippen molar-refractivity contribution in [2.75, 3.05) is 5.32 Å². The number of ether oxygens (including phenoxy) is 1. The summed E-state index contributed by atoms with van der Waals surface area (Å²) >= 11 is 6.89. The molecule has 0 saturated carbocycles. The second-order valence-electron chi connectivity index (χ2n) is 6.61. The van der Waals surface area contributed by atoms with Crippen LogP contribution in [0.1, 0.15) is 25.0 Å². The molecule has 0 aliphatic carbocycles. The summed E-state index contributed by atoms with van der Waals surface area (Å²) < 4.78 is 35.0. The minimum Gasteiger partial charge on any atom is -0.393 e. The highest BCUT2D eigenvalue weighted by molar-refractivity contribution is 7.19. The average Bonchev–Trinajstić information content (AvgIpc) is 3.17. The Morgan fingerprint density at radius 1 is 1.39 bits per heavy atom. The Morgan fingerprint density at radius 2 is 2.18 bits per heavy atom. The maximum absolute atomic E-state index is 14.1. The molecular formula is C19H18ClF2N3O2S. The molecule has 2 aromatic heterocycles. The number of nitrogens with one attached hydrogen (secondary N) is 1. The van der Waals surface area contributed by atoms with E-state index in [9.17, 15) is 13.6 Å². The fraction of sp³-hybridized carbons (Fsp3) is 0.263. The highest BCUT2D eigenvalue weighted by Crippen LogP contribution is 2.25. The van der Waals surface area contributed by atoms with E-state index >= 15 is 0 Å². The summed E-state index contributed by atoms with van der Waals surface area (Å²) in [6.07, 6.45) is 3.19. The number of halogens is 3. The van der Waals surface area contributed by atoms with Crippen molar-refractivity contribution in [3.8, 4) is 5.88 Å². The Kier molecular flexibility index (Phi) is 6.31. The van der Waals surface area contributed by atoms with Crippen molar-refractivity contribution < 1.29 is 18.3 Å². The molecule has 0 aliphatic rings. The third-order valence-electron chi connectivity index (χ3n) is 3.81. The normalized spacial score (nSPS) is 11.1. The van der Waals surface area contributed by atoms with E-state index in [4.69, 9.17) is 16.3 Å². The molecule has 9 heteroatoms. The van der Waals surface area contributed by atoms with Crippen LogP contribution in [0.15, 0.2) is 36.7 Å². The number of aromatic nitrogens is 2. The molecule has 0 bridgehead atoms. The van der Waals surface area contributed by atoms with E-state index in [1.165, 1.54) is 18.3 Å². The van der Waals surface area contributed by atoms with Crippen molar-refractivity contribution in [1.82, 2.24) is 9.55 Å². The molecule has 1 aromatic carbocycles. The number of carbonyl (C=O) groups excluding carboxylic acids is 1. The minimum absolute atomic E-state index is 0.0212. The van der Waals surface area contributed by atoms with Crippen LogP contribution in [0, 0.1) is 17.6 Å². The van der Waals surface area contributed by atoms with Gasteiger partial charge in [-0.05, 0) is 24.0 Å². The smallest absolute Gasteiger partial charge is 0.393 e. The number of nitrogens with zero attached hydrogens (tertiary/aromatic N) is 2. The molecule has 0 radical (unpaired) electrons. The third-order valence-corrected chi connectivity index (χ3v) is 4.84. The Bertz CT molecular complexity index is 987. The van der Waals surface area contributed by atoms with Crippen LogP contribution in [-0.4, -0.2) is 15.6 Å². The van der Waals surface area contributed by atoms with Crippen molar-refractivity contribution in [2.45, 2.75) is 26.8 Å². The number of hydrogen-bond acceptors (Lipinski definition) is 4. The van der Waals surface area contributed by atoms with Gasteiger partial charge >= 0.3 is 6.09 Å². The van der Waals surface area contributed by atoms with Gasteiger partial charge in [0.25, 0.3) is 0 Å². The fourth-order valence-electron chi connectivity index (χ4n) is 2.71. The summed E-state index contributed by atoms with van der Waals surface area (Å²) in [5.41, 5.74) is 1.08. The molecule has 0 fully saturated rings. The topological polar surface area (TPSA) is 56.1 Å². The van der Waals surface area contributed by atoms with Crippen LogP contribution in [0.4, 0.5) is 18.7 Å². The Morgan fingerprint density at radius 3 is 2.86 bits per heavy atom. The lowest BCUT2D eigenvalue weighted by Crippen LogP contribution is -2.18. The second-order valence-corrected chi connectivity index (χ2v) is 8.27. The van der Waals surface area contributed by atoms with Crippen LogP contribution < -0.4 is 10.1 Å². The van der Waals surface area contributed by atoms with Gasteiger partial charge in [-0.2, -0.15) is 0 Å². The summed E-state index contributed by atoms with van der Waals surface area (Å²) in [4.78, 5) is 16.1. The molecule has 0 spiro atoms. The lowest BCUT2D eigenvalue weighted by Gasteiger charge is -2.10. The van der Waals surface area contributed by atoms with Gasteiger partial charge in [0, 0.05) is 17.8 Å². The number of amides is 1. The summed E-state index contributed by atoms with van der Waals surface area (Å²) in [5, 5.41) is 2.79. The van der Waals surface area contributed by atoms with Gasteiger partial charge in [0.1, 0.15) is 4.34 Å². The number of rotatable bonds is 6. The molecule has 0 unspecified atom stereocenters. The van der Waals surface area contributed by atoms with Gasteiger partial charge in [-0.15, -0.1) is 0 Å². The largest absolute Gasteiger partial charge is 0.420 e. The third kappa shape index (κ3) is 5.08. The van der Waals surface area contributed by atoms with Gasteiger partial charge in [-0.1, -0.05) is 48.9 Å². The van der Waals surface area contributed by atoms with Crippen LogP contribution in [0.5, 0.6) is 5.88 Å². The molecule has 2 heterocycles. The van der Waals surface area contributed by atoms with Gasteiger partial charge in [0.05, 0.1) is 12.7 Å². The molecule has 0 saturated heterocycles. The lowest BCUT2D eigenvalue weighted by atomic mass is 10.1. The van der Waals surface area contributed by atoms with E-state index < -0.39 is 17.7 Å². The number of anilines is 1. The molecule has 0 aliphatic heterocycles. The van der Waals surface area contributed by atoms with Crippen molar-refractivity contribution >= 4 is 34.2 Å². The lowest BCUT2D eigenvalue weighted by molar-refractivity contribution is 0.211. The van der Waals surface area contributed by atoms with Gasteiger partial charge in [0.15, 0.2) is 16.8 Å². The zero-order chi connectivity index (χ0) is 20.3. The van der Waals surface area contributed by atoms with Crippen molar-refractivity contribution in [2.24, 2.45) is 5.92 Å². The zero-order valence-corrected chi connectivity index (χ0v) is 16.8. The van der Waals surface area contributed by atoms with Crippen molar-refractivity contribution in [3.63, 3.8) is 0 Å². The number of carbonyl (C=O) groups is 1. The molecule has 1 amide bonds. The van der Waals surface area contributed by atoms with Crippen LogP contribution in [-0.2, 0) is 13.0 Å². The molecule has 3 aromatic rings. The predicted octanol–water partition coefficient (Wildman–Crippen LogP) is 5.73. The van der Waals surface area contributed by atoms with E-state index in [1.54, 1.807) is 16.8 Å². The number of thiazole rings is 1. The molecule has 5 nitrogen and oxygen atoms in total. The van der Waals surface area contributed by atoms with Crippen LogP contribution in [0.2, 0.25) is 4.34 Å². The van der Waals surface area contributed by atoms with E-state index in [1.807, 2.05) is 0 Å². The van der Waals surface area contributed by atoms with Crippen molar-refractivity contribution in [3.05, 3.63) is 63.8 Å². The zero-order valence-electron chi connectivity index (χ0n) is 15.2. The Labute approximate surface area is 169 Å². The van der Waals surface area contributed by atoms with Gasteiger partial charge < -0.3 is 9.30 Å². The summed E-state index contributed by atoms with van der Waals surface area (Å²) in [7, 11) is 0. The average molecular weight is 426 g/mol. The van der Waals surface area contributed by atoms with Gasteiger partial charge in [-0.25, -0.2) is 18.6 Å². The molecule has 1 N–H and O–H groups in total. The van der Waals surface area contributed by atoms with Gasteiger partial charge in [-0.3, -0.25) is 5.32 Å². The Hall–Kier alpha value is -2.45. The standard InChI is InChI=1S/C19H18ClF2N3O2S/c1-11(2)6-12-7-16(27-19(26)24-18-23-8-15(20)28-18)25(9-12)10-13-4-3-5-14(21)17(13)22/h3-5,7-9,11H,6,10H2,1-2H3,(H,23,24,26). The highest BCUT2D eigenvalue weighted by atomic mass is 35.5. The first-order valence-electron chi connectivity index (χ1n) is 8.54. The number of hydrogen-bond donors (Lipinski definition) is 1.